The molecule has 0 aliphatic heterocycles. The SMILES string of the molecule is Cn1c(CCC(=O)O)cn2c3cc(C#N)ccc3nc12. The highest BCUT2D eigenvalue weighted by Gasteiger charge is 2.12. The molecule has 20 heavy (non-hydrogen) atoms. The molecule has 0 fully saturated rings. The topological polar surface area (TPSA) is 83.3 Å². The van der Waals surface area contributed by atoms with Gasteiger partial charge in [-0.1, -0.05) is 0 Å². The Morgan fingerprint density at radius 2 is 2.30 bits per heavy atom. The van der Waals surface area contributed by atoms with Crippen LogP contribution in [0.4, 0.5) is 0 Å². The van der Waals surface area contributed by atoms with E-state index in [0.717, 1.165) is 22.5 Å². The number of aliphatic carboxylic acids is 1. The van der Waals surface area contributed by atoms with Crippen molar-refractivity contribution in [3.8, 4) is 6.07 Å². The van der Waals surface area contributed by atoms with Gasteiger partial charge in [0.15, 0.2) is 0 Å². The monoisotopic (exact) mass is 268 g/mol. The highest BCUT2D eigenvalue weighted by molar-refractivity contribution is 5.81. The summed E-state index contributed by atoms with van der Waals surface area (Å²) in [6, 6.07) is 7.45. The first-order valence-electron chi connectivity index (χ1n) is 6.18. The van der Waals surface area contributed by atoms with Crippen LogP contribution in [0.2, 0.25) is 0 Å². The zero-order valence-corrected chi connectivity index (χ0v) is 10.9. The number of aryl methyl sites for hydroxylation is 2. The van der Waals surface area contributed by atoms with Crippen molar-refractivity contribution in [2.45, 2.75) is 12.8 Å². The minimum absolute atomic E-state index is 0.0857. The molecule has 2 aromatic heterocycles. The summed E-state index contributed by atoms with van der Waals surface area (Å²) in [5.41, 5.74) is 3.16. The number of nitrogens with zero attached hydrogens (tertiary/aromatic N) is 4. The predicted molar refractivity (Wildman–Crippen MR) is 72.3 cm³/mol. The second-order valence-electron chi connectivity index (χ2n) is 4.67. The van der Waals surface area contributed by atoms with Crippen LogP contribution in [0.3, 0.4) is 0 Å². The molecule has 6 nitrogen and oxygen atoms in total. The van der Waals surface area contributed by atoms with E-state index in [-0.39, 0.29) is 6.42 Å². The van der Waals surface area contributed by atoms with Crippen LogP contribution in [-0.2, 0) is 18.3 Å². The molecule has 0 unspecified atom stereocenters. The Balaban J connectivity index is 2.16. The largest absolute Gasteiger partial charge is 0.481 e. The number of carboxylic acid groups (broad SMARTS) is 1. The quantitative estimate of drug-likeness (QED) is 0.783. The van der Waals surface area contributed by atoms with Gasteiger partial charge < -0.3 is 9.67 Å². The Kier molecular flexibility index (Phi) is 2.68. The fourth-order valence-electron chi connectivity index (χ4n) is 2.35. The van der Waals surface area contributed by atoms with E-state index < -0.39 is 5.97 Å². The fourth-order valence-corrected chi connectivity index (χ4v) is 2.35. The molecule has 0 amide bonds. The molecule has 0 radical (unpaired) electrons. The summed E-state index contributed by atoms with van der Waals surface area (Å²) in [5, 5.41) is 17.7. The van der Waals surface area contributed by atoms with E-state index in [0.29, 0.717) is 12.0 Å². The Hall–Kier alpha value is -2.81. The lowest BCUT2D eigenvalue weighted by Gasteiger charge is -1.99. The molecular formula is C14H12N4O2. The molecule has 3 aromatic rings. The van der Waals surface area contributed by atoms with Gasteiger partial charge in [0.1, 0.15) is 0 Å². The third kappa shape index (κ3) is 1.80. The lowest BCUT2D eigenvalue weighted by molar-refractivity contribution is -0.136. The minimum atomic E-state index is -0.819. The van der Waals surface area contributed by atoms with Crippen molar-refractivity contribution in [2.75, 3.05) is 0 Å². The first kappa shape index (κ1) is 12.2. The van der Waals surface area contributed by atoms with Crippen LogP contribution in [-0.4, -0.2) is 25.0 Å². The van der Waals surface area contributed by atoms with E-state index in [1.54, 1.807) is 12.1 Å². The summed E-state index contributed by atoms with van der Waals surface area (Å²) in [4.78, 5) is 15.2. The number of carbonyl (C=O) groups is 1. The third-order valence-electron chi connectivity index (χ3n) is 3.40. The lowest BCUT2D eigenvalue weighted by Crippen LogP contribution is -2.02. The maximum absolute atomic E-state index is 10.7. The molecule has 0 aliphatic rings. The van der Waals surface area contributed by atoms with E-state index in [4.69, 9.17) is 10.4 Å². The van der Waals surface area contributed by atoms with Crippen molar-refractivity contribution in [3.05, 3.63) is 35.7 Å². The van der Waals surface area contributed by atoms with E-state index in [1.165, 1.54) is 0 Å². The summed E-state index contributed by atoms with van der Waals surface area (Å²) in [7, 11) is 1.86. The number of rotatable bonds is 3. The van der Waals surface area contributed by atoms with E-state index >= 15 is 0 Å². The number of nitriles is 1. The van der Waals surface area contributed by atoms with Crippen molar-refractivity contribution in [1.82, 2.24) is 14.0 Å². The number of imidazole rings is 2. The van der Waals surface area contributed by atoms with Crippen LogP contribution in [0, 0.1) is 11.3 Å². The van der Waals surface area contributed by atoms with E-state index in [1.807, 2.05) is 28.3 Å². The number of aromatic nitrogens is 3. The number of hydrogen-bond donors (Lipinski definition) is 1. The summed E-state index contributed by atoms with van der Waals surface area (Å²) < 4.78 is 3.78. The summed E-state index contributed by atoms with van der Waals surface area (Å²) in [5.74, 6) is -0.0732. The predicted octanol–water partition coefficient (Wildman–Crippen LogP) is 1.71. The first-order valence-corrected chi connectivity index (χ1v) is 6.18. The Morgan fingerprint density at radius 1 is 1.50 bits per heavy atom. The normalized spacial score (nSPS) is 11.0. The van der Waals surface area contributed by atoms with Crippen molar-refractivity contribution in [3.63, 3.8) is 0 Å². The molecule has 1 N–H and O–H groups in total. The maximum atomic E-state index is 10.7. The number of carboxylic acids is 1. The Morgan fingerprint density at radius 3 is 3.00 bits per heavy atom. The summed E-state index contributed by atoms with van der Waals surface area (Å²) >= 11 is 0. The van der Waals surface area contributed by atoms with Gasteiger partial charge in [-0.25, -0.2) is 4.98 Å². The van der Waals surface area contributed by atoms with Gasteiger partial charge in [-0.15, -0.1) is 0 Å². The van der Waals surface area contributed by atoms with Gasteiger partial charge in [0.05, 0.1) is 29.1 Å². The van der Waals surface area contributed by atoms with Gasteiger partial charge in [-0.2, -0.15) is 5.26 Å². The van der Waals surface area contributed by atoms with Gasteiger partial charge in [-0.05, 0) is 24.6 Å². The van der Waals surface area contributed by atoms with Gasteiger partial charge in [0.25, 0.3) is 0 Å². The molecule has 0 saturated heterocycles. The molecule has 6 heteroatoms. The highest BCUT2D eigenvalue weighted by Crippen LogP contribution is 2.20. The van der Waals surface area contributed by atoms with Crippen LogP contribution in [0.1, 0.15) is 17.7 Å². The van der Waals surface area contributed by atoms with Gasteiger partial charge in [0, 0.05) is 18.9 Å². The van der Waals surface area contributed by atoms with Crippen LogP contribution >= 0.6 is 0 Å². The Bertz CT molecular complexity index is 867. The molecule has 100 valence electrons. The second kappa shape index (κ2) is 4.38. The summed E-state index contributed by atoms with van der Waals surface area (Å²) in [6.45, 7) is 0. The van der Waals surface area contributed by atoms with Crippen molar-refractivity contribution >= 4 is 22.8 Å². The van der Waals surface area contributed by atoms with E-state index in [9.17, 15) is 4.79 Å². The molecular weight excluding hydrogens is 256 g/mol. The van der Waals surface area contributed by atoms with Crippen LogP contribution < -0.4 is 0 Å². The Labute approximate surface area is 114 Å². The van der Waals surface area contributed by atoms with Gasteiger partial charge >= 0.3 is 5.97 Å². The van der Waals surface area contributed by atoms with Crippen LogP contribution in [0.5, 0.6) is 0 Å². The number of hydrogen-bond acceptors (Lipinski definition) is 3. The molecule has 1 aromatic carbocycles. The summed E-state index contributed by atoms with van der Waals surface area (Å²) in [6.07, 6.45) is 2.42. The average Bonchev–Trinajstić information content (AvgIpc) is 2.93. The molecule has 0 spiro atoms. The first-order chi connectivity index (χ1) is 9.60. The van der Waals surface area contributed by atoms with Gasteiger partial charge in [0.2, 0.25) is 5.78 Å². The zero-order valence-electron chi connectivity index (χ0n) is 10.9. The van der Waals surface area contributed by atoms with Crippen molar-refractivity contribution in [2.24, 2.45) is 7.05 Å². The maximum Gasteiger partial charge on any atom is 0.303 e. The zero-order chi connectivity index (χ0) is 14.3. The molecule has 3 rings (SSSR count). The van der Waals surface area contributed by atoms with Crippen LogP contribution in [0.15, 0.2) is 24.4 Å². The van der Waals surface area contributed by atoms with E-state index in [2.05, 4.69) is 11.1 Å². The lowest BCUT2D eigenvalue weighted by atomic mass is 10.2. The molecule has 0 aliphatic carbocycles. The van der Waals surface area contributed by atoms with Crippen molar-refractivity contribution < 1.29 is 9.90 Å². The molecule has 2 heterocycles. The van der Waals surface area contributed by atoms with Crippen molar-refractivity contribution in [1.29, 1.82) is 5.26 Å². The third-order valence-corrected chi connectivity index (χ3v) is 3.40. The van der Waals surface area contributed by atoms with Gasteiger partial charge in [-0.3, -0.25) is 9.20 Å². The fraction of sp³-hybridized carbons (Fsp3) is 0.214. The molecule has 0 atom stereocenters. The number of benzene rings is 1. The second-order valence-corrected chi connectivity index (χ2v) is 4.67. The average molecular weight is 268 g/mol. The number of fused-ring (bicyclic) bond motifs is 3. The smallest absolute Gasteiger partial charge is 0.303 e. The minimum Gasteiger partial charge on any atom is -0.481 e. The van der Waals surface area contributed by atoms with Crippen LogP contribution in [0.25, 0.3) is 16.8 Å². The highest BCUT2D eigenvalue weighted by atomic mass is 16.4. The molecule has 0 bridgehead atoms. The standard InChI is InChI=1S/C14H12N4O2/c1-17-10(3-5-13(19)20)8-18-12-6-9(7-15)2-4-11(12)16-14(17)18/h2,4,6,8H,3,5H2,1H3,(H,19,20). The molecule has 0 saturated carbocycles.